The molecule has 0 bridgehead atoms. The Bertz CT molecular complexity index is 1780. The quantitative estimate of drug-likeness (QED) is 0.124. The molecule has 0 saturated carbocycles. The number of methoxy groups -OCH3 is 6. The maximum absolute atomic E-state index is 13.6. The van der Waals surface area contributed by atoms with Crippen LogP contribution < -0.4 is 39.1 Å². The van der Waals surface area contributed by atoms with Crippen LogP contribution >= 0.6 is 0 Å². The summed E-state index contributed by atoms with van der Waals surface area (Å²) in [5, 5.41) is 5.48. The molecule has 0 heterocycles. The zero-order valence-electron chi connectivity index (χ0n) is 27.4. The lowest BCUT2D eigenvalue weighted by molar-refractivity contribution is -0.113. The van der Waals surface area contributed by atoms with E-state index in [4.69, 9.17) is 28.4 Å². The number of amides is 2. The smallest absolute Gasteiger partial charge is 0.272 e. The van der Waals surface area contributed by atoms with Crippen molar-refractivity contribution in [1.29, 1.82) is 0 Å². The molecular weight excluding hydrogens is 616 g/mol. The first-order valence-corrected chi connectivity index (χ1v) is 14.6. The van der Waals surface area contributed by atoms with Crippen molar-refractivity contribution in [2.75, 3.05) is 48.0 Å². The van der Waals surface area contributed by atoms with Crippen molar-refractivity contribution in [3.05, 3.63) is 113 Å². The van der Waals surface area contributed by atoms with Gasteiger partial charge in [-0.25, -0.2) is 0 Å². The molecule has 4 aromatic carbocycles. The molecule has 0 atom stereocenters. The Morgan fingerprint density at radius 1 is 0.583 bits per heavy atom. The third kappa shape index (κ3) is 8.32. The van der Waals surface area contributed by atoms with E-state index in [1.165, 1.54) is 54.8 Å². The number of anilines is 1. The lowest BCUT2D eigenvalue weighted by atomic mass is 10.1. The van der Waals surface area contributed by atoms with E-state index in [0.29, 0.717) is 62.4 Å². The minimum Gasteiger partial charge on any atom is -0.493 e. The van der Waals surface area contributed by atoms with Gasteiger partial charge >= 0.3 is 0 Å². The van der Waals surface area contributed by atoms with Gasteiger partial charge in [0.15, 0.2) is 28.8 Å². The number of hydrogen-bond donors (Lipinski definition) is 2. The maximum Gasteiger partial charge on any atom is 0.272 e. The van der Waals surface area contributed by atoms with Gasteiger partial charge in [0, 0.05) is 16.8 Å². The largest absolute Gasteiger partial charge is 0.493 e. The highest BCUT2D eigenvalue weighted by atomic mass is 16.5. The number of rotatable bonds is 14. The summed E-state index contributed by atoms with van der Waals surface area (Å²) in [6.45, 7) is 0. The third-order valence-electron chi connectivity index (χ3n) is 7.07. The Morgan fingerprint density at radius 2 is 1.08 bits per heavy atom. The summed E-state index contributed by atoms with van der Waals surface area (Å²) < 4.78 is 32.4. The number of ether oxygens (including phenoxy) is 6. The first kappa shape index (κ1) is 34.6. The highest BCUT2D eigenvalue weighted by Crippen LogP contribution is 2.39. The number of ketones is 1. The third-order valence-corrected chi connectivity index (χ3v) is 7.07. The number of hydrogen-bond acceptors (Lipinski definition) is 9. The molecule has 2 amide bonds. The second kappa shape index (κ2) is 16.4. The lowest BCUT2D eigenvalue weighted by Crippen LogP contribution is -2.30. The normalized spacial score (nSPS) is 11.0. The van der Waals surface area contributed by atoms with Gasteiger partial charge < -0.3 is 39.1 Å². The Kier molecular flexibility index (Phi) is 11.8. The van der Waals surface area contributed by atoms with Crippen molar-refractivity contribution >= 4 is 35.4 Å². The van der Waals surface area contributed by atoms with Gasteiger partial charge in [0.1, 0.15) is 5.70 Å². The van der Waals surface area contributed by atoms with Gasteiger partial charge in [0.25, 0.3) is 11.8 Å². The van der Waals surface area contributed by atoms with Crippen LogP contribution in [0.3, 0.4) is 0 Å². The predicted molar refractivity (Wildman–Crippen MR) is 183 cm³/mol. The second-order valence-electron chi connectivity index (χ2n) is 10.0. The Hall–Kier alpha value is -6.23. The molecule has 4 aromatic rings. The fourth-order valence-corrected chi connectivity index (χ4v) is 4.68. The molecule has 0 unspecified atom stereocenters. The van der Waals surface area contributed by atoms with Gasteiger partial charge in [0.2, 0.25) is 11.5 Å². The minimum absolute atomic E-state index is 0.0495. The lowest BCUT2D eigenvalue weighted by Gasteiger charge is -2.14. The molecule has 0 fully saturated rings. The molecule has 0 aliphatic heterocycles. The van der Waals surface area contributed by atoms with E-state index >= 15 is 0 Å². The van der Waals surface area contributed by atoms with Gasteiger partial charge in [-0.15, -0.1) is 0 Å². The topological polar surface area (TPSA) is 131 Å². The van der Waals surface area contributed by atoms with Crippen LogP contribution in [0.5, 0.6) is 34.5 Å². The van der Waals surface area contributed by atoms with Crippen molar-refractivity contribution in [2.45, 2.75) is 0 Å². The molecule has 11 heteroatoms. The molecule has 11 nitrogen and oxygen atoms in total. The van der Waals surface area contributed by atoms with Gasteiger partial charge in [-0.3, -0.25) is 14.4 Å². The zero-order valence-corrected chi connectivity index (χ0v) is 27.4. The van der Waals surface area contributed by atoms with Gasteiger partial charge in [-0.1, -0.05) is 24.3 Å². The van der Waals surface area contributed by atoms with E-state index in [2.05, 4.69) is 10.6 Å². The average Bonchev–Trinajstić information content (AvgIpc) is 3.12. The molecule has 2 N–H and O–H groups in total. The van der Waals surface area contributed by atoms with Crippen LogP contribution in [0.2, 0.25) is 0 Å². The molecule has 0 spiro atoms. The number of carbonyl (C=O) groups excluding carboxylic acids is 3. The molecule has 0 aliphatic rings. The molecule has 4 rings (SSSR count). The van der Waals surface area contributed by atoms with Crippen LogP contribution in [-0.2, 0) is 4.79 Å². The van der Waals surface area contributed by atoms with Crippen LogP contribution in [0, 0.1) is 0 Å². The van der Waals surface area contributed by atoms with Crippen LogP contribution in [0.15, 0.2) is 90.6 Å². The summed E-state index contributed by atoms with van der Waals surface area (Å²) in [5.74, 6) is 1.14. The van der Waals surface area contributed by atoms with Crippen LogP contribution in [0.4, 0.5) is 5.69 Å². The van der Waals surface area contributed by atoms with Crippen LogP contribution in [-0.4, -0.2) is 60.3 Å². The van der Waals surface area contributed by atoms with E-state index in [1.54, 1.807) is 84.9 Å². The van der Waals surface area contributed by atoms with Crippen molar-refractivity contribution < 1.29 is 42.8 Å². The highest BCUT2D eigenvalue weighted by molar-refractivity contribution is 6.11. The van der Waals surface area contributed by atoms with E-state index < -0.39 is 11.8 Å². The molecular formula is C37H36N2O9. The average molecular weight is 653 g/mol. The monoisotopic (exact) mass is 652 g/mol. The SMILES string of the molecule is COc1cc(/C=C(\NC(=O)c2ccccc2)C(=O)Nc2ccc(C(=O)/C=C/c3cc(OC)c(OC)c(OC)c3)cc2)cc(OC)c1OC. The Balaban J connectivity index is 1.57. The Labute approximate surface area is 278 Å². The predicted octanol–water partition coefficient (Wildman–Crippen LogP) is 6.04. The summed E-state index contributed by atoms with van der Waals surface area (Å²) in [6, 6.07) is 21.6. The number of benzene rings is 4. The molecule has 248 valence electrons. The molecule has 0 aromatic heterocycles. The van der Waals surface area contributed by atoms with E-state index in [1.807, 2.05) is 0 Å². The van der Waals surface area contributed by atoms with E-state index in [0.717, 1.165) is 0 Å². The van der Waals surface area contributed by atoms with Gasteiger partial charge in [-0.2, -0.15) is 0 Å². The molecule has 48 heavy (non-hydrogen) atoms. The van der Waals surface area contributed by atoms with E-state index in [-0.39, 0.29) is 11.5 Å². The number of allylic oxidation sites excluding steroid dienone is 1. The van der Waals surface area contributed by atoms with Crippen molar-refractivity contribution in [1.82, 2.24) is 5.32 Å². The Morgan fingerprint density at radius 3 is 1.56 bits per heavy atom. The standard InChI is InChI=1S/C37H36N2O9/c1-43-30-19-23(20-31(44-2)34(30)47-5)12-17-29(40)25-13-15-27(16-14-25)38-37(42)28(39-36(41)26-10-8-7-9-11-26)18-24-21-32(45-3)35(48-6)33(22-24)46-4/h7-22H,1-6H3,(H,38,42)(H,39,41)/b17-12+,28-18-. The number of nitrogens with one attached hydrogen (secondary N) is 2. The molecule has 0 saturated heterocycles. The van der Waals surface area contributed by atoms with E-state index in [9.17, 15) is 14.4 Å². The van der Waals surface area contributed by atoms with Crippen LogP contribution in [0.25, 0.3) is 12.2 Å². The van der Waals surface area contributed by atoms with Crippen molar-refractivity contribution in [3.8, 4) is 34.5 Å². The summed E-state index contributed by atoms with van der Waals surface area (Å²) in [5.41, 5.74) is 2.28. The first-order chi connectivity index (χ1) is 23.2. The van der Waals surface area contributed by atoms with Crippen molar-refractivity contribution in [2.24, 2.45) is 0 Å². The molecule has 0 aliphatic carbocycles. The van der Waals surface area contributed by atoms with Crippen molar-refractivity contribution in [3.63, 3.8) is 0 Å². The highest BCUT2D eigenvalue weighted by Gasteiger charge is 2.18. The second-order valence-corrected chi connectivity index (χ2v) is 10.0. The summed E-state index contributed by atoms with van der Waals surface area (Å²) in [6.07, 6.45) is 4.55. The maximum atomic E-state index is 13.6. The van der Waals surface area contributed by atoms with Crippen LogP contribution in [0.1, 0.15) is 31.8 Å². The fraction of sp³-hybridized carbons (Fsp3) is 0.162. The summed E-state index contributed by atoms with van der Waals surface area (Å²) in [7, 11) is 8.98. The zero-order chi connectivity index (χ0) is 34.6. The fourth-order valence-electron chi connectivity index (χ4n) is 4.68. The first-order valence-electron chi connectivity index (χ1n) is 14.6. The minimum atomic E-state index is -0.602. The van der Waals surface area contributed by atoms with Gasteiger partial charge in [-0.05, 0) is 83.9 Å². The number of carbonyl (C=O) groups is 3. The van der Waals surface area contributed by atoms with Gasteiger partial charge in [0.05, 0.1) is 42.7 Å². The summed E-state index contributed by atoms with van der Waals surface area (Å²) in [4.78, 5) is 39.6. The molecule has 0 radical (unpaired) electrons. The summed E-state index contributed by atoms with van der Waals surface area (Å²) >= 11 is 0.